The summed E-state index contributed by atoms with van der Waals surface area (Å²) in [5.74, 6) is -2.41. The van der Waals surface area contributed by atoms with Gasteiger partial charge in [-0.15, -0.1) is 0 Å². The number of hydrogen-bond acceptors (Lipinski definition) is 5. The minimum Gasteiger partial charge on any atom is -0.505 e. The molecule has 0 bridgehead atoms. The predicted molar refractivity (Wildman–Crippen MR) is 134 cm³/mol. The Kier molecular flexibility index (Phi) is 11.2. The maximum absolute atomic E-state index is 14.2. The molecule has 3 amide bonds. The number of halogens is 2. The molecule has 1 aromatic carbocycles. The van der Waals surface area contributed by atoms with Crippen molar-refractivity contribution < 1.29 is 33.3 Å². The number of ether oxygens (including phenoxy) is 1. The number of carboxylic acid groups (broad SMARTS) is 1. The Labute approximate surface area is 216 Å². The number of amides is 3. The van der Waals surface area contributed by atoms with Crippen LogP contribution in [0.4, 0.5) is 18.4 Å². The average Bonchev–Trinajstić information content (AvgIpc) is 2.87. The molecule has 0 radical (unpaired) electrons. The van der Waals surface area contributed by atoms with E-state index in [9.17, 15) is 23.5 Å². The molecule has 11 heteroatoms. The fraction of sp³-hybridized carbons (Fsp3) is 0.692. The molecule has 2 fully saturated rings. The van der Waals surface area contributed by atoms with Crippen LogP contribution in [-0.4, -0.2) is 73.1 Å². The van der Waals surface area contributed by atoms with E-state index in [4.69, 9.17) is 9.84 Å². The molecule has 2 aliphatic rings. The monoisotopic (exact) mass is 526 g/mol. The van der Waals surface area contributed by atoms with Crippen LogP contribution in [0.1, 0.15) is 63.0 Å². The predicted octanol–water partition coefficient (Wildman–Crippen LogP) is 3.98. The Morgan fingerprint density at radius 2 is 1.92 bits per heavy atom. The van der Waals surface area contributed by atoms with E-state index >= 15 is 0 Å². The van der Waals surface area contributed by atoms with Crippen LogP contribution in [0.25, 0.3) is 0 Å². The second kappa shape index (κ2) is 14.3. The molecule has 0 spiro atoms. The number of nitrogens with zero attached hydrogens (tertiary/aromatic N) is 1. The van der Waals surface area contributed by atoms with Gasteiger partial charge in [0.1, 0.15) is 5.82 Å². The lowest BCUT2D eigenvalue weighted by Gasteiger charge is -2.38. The molecule has 37 heavy (non-hydrogen) atoms. The molecule has 1 aliphatic heterocycles. The van der Waals surface area contributed by atoms with Crippen molar-refractivity contribution in [3.8, 4) is 5.75 Å². The van der Waals surface area contributed by atoms with E-state index in [-0.39, 0.29) is 43.3 Å². The molecule has 1 saturated carbocycles. The highest BCUT2D eigenvalue weighted by Crippen LogP contribution is 2.38. The summed E-state index contributed by atoms with van der Waals surface area (Å²) in [5, 5.41) is 27.7. The van der Waals surface area contributed by atoms with Crippen LogP contribution in [0, 0.1) is 23.5 Å². The molecule has 5 N–H and O–H groups in total. The number of phenols is 1. The summed E-state index contributed by atoms with van der Waals surface area (Å²) >= 11 is 0. The highest BCUT2D eigenvalue weighted by Gasteiger charge is 2.34. The number of benzene rings is 1. The number of aromatic hydroxyl groups is 1. The van der Waals surface area contributed by atoms with Gasteiger partial charge >= 0.3 is 12.1 Å². The number of carbonyl (C=O) groups excluding carboxylic acids is 1. The second-order valence-corrected chi connectivity index (χ2v) is 10.1. The number of phenolic OH excluding ortho intramolecular Hbond substituents is 1. The Balaban J connectivity index is 1.70. The molecule has 0 aromatic heterocycles. The molecule has 208 valence electrons. The topological polar surface area (TPSA) is 123 Å². The third-order valence-corrected chi connectivity index (χ3v) is 7.33. The first-order valence-electron chi connectivity index (χ1n) is 13.2. The quantitative estimate of drug-likeness (QED) is 0.278. The Bertz CT molecular complexity index is 900. The van der Waals surface area contributed by atoms with Crippen molar-refractivity contribution in [2.24, 2.45) is 11.8 Å². The van der Waals surface area contributed by atoms with Crippen molar-refractivity contribution in [1.29, 1.82) is 0 Å². The summed E-state index contributed by atoms with van der Waals surface area (Å²) in [5.41, 5.74) is -0.0505. The van der Waals surface area contributed by atoms with E-state index in [2.05, 4.69) is 16.0 Å². The SMILES string of the molecule is CNCC(CC1CCCCC1)NC(=O)N1CCCC(C(OCCNC(=O)O)c2cc(F)cc(F)c2O)C1. The van der Waals surface area contributed by atoms with Crippen molar-refractivity contribution in [2.75, 3.05) is 39.8 Å². The summed E-state index contributed by atoms with van der Waals surface area (Å²) in [6, 6.07) is 1.43. The normalized spacial score (nSPS) is 20.3. The fourth-order valence-electron chi connectivity index (χ4n) is 5.60. The van der Waals surface area contributed by atoms with Crippen LogP contribution in [0.5, 0.6) is 5.75 Å². The molecule has 3 rings (SSSR count). The number of likely N-dealkylation sites (N-methyl/N-ethyl adjacent to an activating group) is 1. The first kappa shape index (κ1) is 28.9. The van der Waals surface area contributed by atoms with Crippen LogP contribution >= 0.6 is 0 Å². The van der Waals surface area contributed by atoms with E-state index in [0.29, 0.717) is 37.9 Å². The van der Waals surface area contributed by atoms with Gasteiger partial charge in [0.05, 0.1) is 12.7 Å². The van der Waals surface area contributed by atoms with Crippen LogP contribution in [-0.2, 0) is 4.74 Å². The van der Waals surface area contributed by atoms with E-state index < -0.39 is 29.6 Å². The molecule has 1 aliphatic carbocycles. The van der Waals surface area contributed by atoms with Gasteiger partial charge in [0.2, 0.25) is 0 Å². The van der Waals surface area contributed by atoms with E-state index in [0.717, 1.165) is 12.5 Å². The minimum absolute atomic E-state index is 0.00326. The summed E-state index contributed by atoms with van der Waals surface area (Å²) in [6.07, 6.45) is 6.15. The molecular formula is C26H40F2N4O5. The molecule has 1 saturated heterocycles. The number of carbonyl (C=O) groups is 2. The van der Waals surface area contributed by atoms with Crippen LogP contribution in [0.15, 0.2) is 12.1 Å². The third kappa shape index (κ3) is 8.70. The molecule has 9 nitrogen and oxygen atoms in total. The molecule has 3 atom stereocenters. The van der Waals surface area contributed by atoms with Crippen molar-refractivity contribution >= 4 is 12.1 Å². The summed E-state index contributed by atoms with van der Waals surface area (Å²) in [6.45, 7) is 1.38. The number of nitrogens with one attached hydrogen (secondary N) is 3. The molecule has 3 unspecified atom stereocenters. The van der Waals surface area contributed by atoms with Crippen molar-refractivity contribution in [1.82, 2.24) is 20.9 Å². The van der Waals surface area contributed by atoms with Crippen LogP contribution < -0.4 is 16.0 Å². The number of likely N-dealkylation sites (tertiary alicyclic amines) is 1. The zero-order valence-electron chi connectivity index (χ0n) is 21.5. The van der Waals surface area contributed by atoms with E-state index in [1.165, 1.54) is 32.1 Å². The first-order valence-corrected chi connectivity index (χ1v) is 13.2. The third-order valence-electron chi connectivity index (χ3n) is 7.33. The largest absolute Gasteiger partial charge is 0.505 e. The number of piperidine rings is 1. The second-order valence-electron chi connectivity index (χ2n) is 10.1. The lowest BCUT2D eigenvalue weighted by Crippen LogP contribution is -2.52. The number of rotatable bonds is 11. The van der Waals surface area contributed by atoms with Gasteiger partial charge in [-0.3, -0.25) is 0 Å². The lowest BCUT2D eigenvalue weighted by atomic mass is 9.85. The van der Waals surface area contributed by atoms with Crippen LogP contribution in [0.2, 0.25) is 0 Å². The fourth-order valence-corrected chi connectivity index (χ4v) is 5.60. The molecule has 1 heterocycles. The summed E-state index contributed by atoms with van der Waals surface area (Å²) in [7, 11) is 1.86. The van der Waals surface area contributed by atoms with Gasteiger partial charge in [0.15, 0.2) is 11.6 Å². The van der Waals surface area contributed by atoms with Gasteiger partial charge < -0.3 is 35.8 Å². The Morgan fingerprint density at radius 3 is 2.62 bits per heavy atom. The zero-order chi connectivity index (χ0) is 26.8. The van der Waals surface area contributed by atoms with E-state index in [1.807, 2.05) is 7.05 Å². The summed E-state index contributed by atoms with van der Waals surface area (Å²) in [4.78, 5) is 25.7. The Hall–Kier alpha value is -2.66. The Morgan fingerprint density at radius 1 is 1.16 bits per heavy atom. The van der Waals surface area contributed by atoms with Crippen molar-refractivity contribution in [3.63, 3.8) is 0 Å². The smallest absolute Gasteiger partial charge is 0.404 e. The summed E-state index contributed by atoms with van der Waals surface area (Å²) < 4.78 is 34.1. The maximum Gasteiger partial charge on any atom is 0.404 e. The van der Waals surface area contributed by atoms with Gasteiger partial charge in [-0.25, -0.2) is 18.4 Å². The maximum atomic E-state index is 14.2. The van der Waals surface area contributed by atoms with E-state index in [1.54, 1.807) is 4.90 Å². The van der Waals surface area contributed by atoms with Gasteiger partial charge in [-0.05, 0) is 38.3 Å². The highest BCUT2D eigenvalue weighted by atomic mass is 19.1. The van der Waals surface area contributed by atoms with Crippen LogP contribution in [0.3, 0.4) is 0 Å². The van der Waals surface area contributed by atoms with Crippen molar-refractivity contribution in [3.05, 3.63) is 29.3 Å². The number of urea groups is 1. The van der Waals surface area contributed by atoms with Crippen molar-refractivity contribution in [2.45, 2.75) is 63.5 Å². The van der Waals surface area contributed by atoms with Gasteiger partial charge in [-0.1, -0.05) is 32.1 Å². The average molecular weight is 527 g/mol. The molecular weight excluding hydrogens is 486 g/mol. The molecule has 1 aromatic rings. The van der Waals surface area contributed by atoms with Gasteiger partial charge in [0, 0.05) is 49.8 Å². The van der Waals surface area contributed by atoms with Gasteiger partial charge in [-0.2, -0.15) is 0 Å². The zero-order valence-corrected chi connectivity index (χ0v) is 21.5. The highest BCUT2D eigenvalue weighted by molar-refractivity contribution is 5.74. The first-order chi connectivity index (χ1) is 17.8. The standard InChI is InChI=1S/C26H40F2N4O5/c1-29-15-20(12-17-6-3-2-4-7-17)31-25(34)32-10-5-8-18(16-32)24(37-11-9-30-26(35)36)21-13-19(27)14-22(28)23(21)33/h13-14,17-18,20,24,29-30,33H,2-12,15-16H2,1H3,(H,31,34)(H,35,36). The number of hydrogen-bond donors (Lipinski definition) is 5. The lowest BCUT2D eigenvalue weighted by molar-refractivity contribution is -0.0101. The van der Waals surface area contributed by atoms with Gasteiger partial charge in [0.25, 0.3) is 0 Å². The minimum atomic E-state index is -1.22.